The average molecular weight is 954 g/mol. The Morgan fingerprint density at radius 1 is 0.267 bits per heavy atom. The molecule has 3 aromatic heterocycles. The second kappa shape index (κ2) is 17.3. The monoisotopic (exact) mass is 953 g/mol. The maximum Gasteiger partial charge on any atom is 0.160 e. The second-order valence-electron chi connectivity index (χ2n) is 19.3. The van der Waals surface area contributed by atoms with E-state index in [0.29, 0.717) is 11.6 Å². The van der Waals surface area contributed by atoms with Gasteiger partial charge in [-0.2, -0.15) is 0 Å². The zero-order valence-electron chi connectivity index (χ0n) is 40.6. The van der Waals surface area contributed by atoms with Crippen molar-refractivity contribution in [1.82, 2.24) is 24.5 Å². The Kier molecular flexibility index (Phi) is 9.82. The SMILES string of the molecule is c1ccc(-c2nc(-c3cccc(-c4cc5ccccc5c5c4-c4ccccc4-c4c(n(-c6cccc(-c7nc(-c8ccccc8)c8ccccc8n7)c6)c6ccccc46)-c4ccccc4-5)c3)nc3ccccc23)cc1. The van der Waals surface area contributed by atoms with Crippen molar-refractivity contribution in [1.29, 1.82) is 0 Å². The number of rotatable bonds is 6. The molecule has 14 aromatic rings. The number of hydrogen-bond acceptors (Lipinski definition) is 4. The fraction of sp³-hybridized carbons (Fsp3) is 0. The van der Waals surface area contributed by atoms with Gasteiger partial charge in [-0.25, -0.2) is 19.9 Å². The van der Waals surface area contributed by atoms with Crippen LogP contribution >= 0.6 is 0 Å². The van der Waals surface area contributed by atoms with Crippen LogP contribution in [0.4, 0.5) is 0 Å². The molecule has 1 aliphatic rings. The maximum atomic E-state index is 5.32. The Balaban J connectivity index is 0.975. The van der Waals surface area contributed by atoms with E-state index in [1.165, 1.54) is 27.5 Å². The molecule has 5 nitrogen and oxygen atoms in total. The summed E-state index contributed by atoms with van der Waals surface area (Å²) < 4.78 is 2.47. The summed E-state index contributed by atoms with van der Waals surface area (Å²) in [5, 5.41) is 5.58. The van der Waals surface area contributed by atoms with Crippen LogP contribution in [0.1, 0.15) is 0 Å². The molecule has 0 fully saturated rings. The highest BCUT2D eigenvalue weighted by Crippen LogP contribution is 2.56. The first-order valence-electron chi connectivity index (χ1n) is 25.5. The summed E-state index contributed by atoms with van der Waals surface area (Å²) in [4.78, 5) is 21.1. The zero-order valence-corrected chi connectivity index (χ0v) is 40.6. The van der Waals surface area contributed by atoms with Crippen molar-refractivity contribution in [3.8, 4) is 107 Å². The predicted molar refractivity (Wildman–Crippen MR) is 309 cm³/mol. The minimum Gasteiger partial charge on any atom is -0.309 e. The van der Waals surface area contributed by atoms with E-state index in [1.54, 1.807) is 0 Å². The molecular weight excluding hydrogens is 911 g/mol. The van der Waals surface area contributed by atoms with E-state index in [2.05, 4.69) is 247 Å². The van der Waals surface area contributed by atoms with Crippen molar-refractivity contribution in [3.05, 3.63) is 261 Å². The lowest BCUT2D eigenvalue weighted by Gasteiger charge is -2.26. The van der Waals surface area contributed by atoms with Crippen LogP contribution in [0, 0.1) is 0 Å². The van der Waals surface area contributed by atoms with Crippen LogP contribution in [0.2, 0.25) is 0 Å². The molecule has 0 aliphatic heterocycles. The van der Waals surface area contributed by atoms with Crippen molar-refractivity contribution >= 4 is 43.5 Å². The summed E-state index contributed by atoms with van der Waals surface area (Å²) in [5.74, 6) is 1.37. The summed E-state index contributed by atoms with van der Waals surface area (Å²) >= 11 is 0. The van der Waals surface area contributed by atoms with Crippen LogP contribution in [-0.4, -0.2) is 24.5 Å². The normalized spacial score (nSPS) is 11.7. The summed E-state index contributed by atoms with van der Waals surface area (Å²) in [5.41, 5.74) is 21.4. The zero-order chi connectivity index (χ0) is 49.4. The van der Waals surface area contributed by atoms with Crippen LogP contribution in [0.3, 0.4) is 0 Å². The average Bonchev–Trinajstić information content (AvgIpc) is 3.85. The van der Waals surface area contributed by atoms with Gasteiger partial charge in [-0.05, 0) is 92.2 Å². The standard InChI is InChI=1S/C70H43N5/c1-3-21-44(22-4-1)66-56-35-13-16-38-60(56)71-69(73-66)48-27-19-26-46(41-48)59-43-47-25-7-8-30-51(47)63-54-33-11-12-34-55(54)68-65(53-32-10-9-31-52(53)64(59)63)58-37-15-18-40-62(58)75(68)50-29-20-28-49(42-50)70-72-61-39-17-14-36-57(61)67(74-70)45-23-5-2-6-24-45/h1-43H. The summed E-state index contributed by atoms with van der Waals surface area (Å²) in [7, 11) is 0. The molecule has 348 valence electrons. The quantitative estimate of drug-likeness (QED) is 0.167. The highest BCUT2D eigenvalue weighted by molar-refractivity contribution is 6.19. The van der Waals surface area contributed by atoms with Crippen LogP contribution in [0.15, 0.2) is 261 Å². The van der Waals surface area contributed by atoms with E-state index in [0.717, 1.165) is 111 Å². The molecule has 0 radical (unpaired) electrons. The van der Waals surface area contributed by atoms with Gasteiger partial charge in [-0.3, -0.25) is 0 Å². The van der Waals surface area contributed by atoms with Gasteiger partial charge in [0.2, 0.25) is 0 Å². The van der Waals surface area contributed by atoms with Gasteiger partial charge < -0.3 is 4.57 Å². The molecule has 0 spiro atoms. The molecule has 0 saturated heterocycles. The van der Waals surface area contributed by atoms with E-state index in [9.17, 15) is 0 Å². The Labute approximate surface area is 433 Å². The van der Waals surface area contributed by atoms with Crippen LogP contribution in [0.5, 0.6) is 0 Å². The Morgan fingerprint density at radius 2 is 0.733 bits per heavy atom. The Hall–Kier alpha value is -10.1. The van der Waals surface area contributed by atoms with Gasteiger partial charge in [-0.1, -0.05) is 218 Å². The van der Waals surface area contributed by atoms with Crippen LogP contribution < -0.4 is 0 Å². The molecule has 0 bridgehead atoms. The number of hydrogen-bond donors (Lipinski definition) is 0. The van der Waals surface area contributed by atoms with Gasteiger partial charge in [0.05, 0.1) is 33.6 Å². The molecular formula is C70H43N5. The van der Waals surface area contributed by atoms with Gasteiger partial charge in [0.15, 0.2) is 11.6 Å². The topological polar surface area (TPSA) is 56.5 Å². The molecule has 15 rings (SSSR count). The Morgan fingerprint density at radius 3 is 1.39 bits per heavy atom. The van der Waals surface area contributed by atoms with E-state index in [4.69, 9.17) is 19.9 Å². The van der Waals surface area contributed by atoms with Crippen LogP contribution in [-0.2, 0) is 0 Å². The number of benzene rings is 11. The lowest BCUT2D eigenvalue weighted by atomic mass is 9.77. The smallest absolute Gasteiger partial charge is 0.160 e. The fourth-order valence-corrected chi connectivity index (χ4v) is 11.7. The van der Waals surface area contributed by atoms with E-state index in [1.807, 2.05) is 18.2 Å². The van der Waals surface area contributed by atoms with E-state index in [-0.39, 0.29) is 0 Å². The first-order chi connectivity index (χ1) is 37.2. The predicted octanol–water partition coefficient (Wildman–Crippen LogP) is 18.0. The molecule has 11 aromatic carbocycles. The van der Waals surface area contributed by atoms with E-state index >= 15 is 0 Å². The van der Waals surface area contributed by atoms with Gasteiger partial charge in [0.1, 0.15) is 0 Å². The maximum absolute atomic E-state index is 5.32. The minimum atomic E-state index is 0.681. The molecule has 3 heterocycles. The highest BCUT2D eigenvalue weighted by Gasteiger charge is 2.31. The molecule has 0 amide bonds. The van der Waals surface area contributed by atoms with Gasteiger partial charge in [-0.15, -0.1) is 0 Å². The lowest BCUT2D eigenvalue weighted by molar-refractivity contribution is 1.13. The largest absolute Gasteiger partial charge is 0.309 e. The highest BCUT2D eigenvalue weighted by atomic mass is 15.0. The third kappa shape index (κ3) is 6.93. The van der Waals surface area contributed by atoms with Gasteiger partial charge in [0, 0.05) is 55.2 Å². The molecule has 0 saturated carbocycles. The van der Waals surface area contributed by atoms with Crippen molar-refractivity contribution in [3.63, 3.8) is 0 Å². The molecule has 0 atom stereocenters. The van der Waals surface area contributed by atoms with Gasteiger partial charge in [0.25, 0.3) is 0 Å². The number of fused-ring (bicyclic) bond motifs is 14. The first kappa shape index (κ1) is 42.6. The Bertz CT molecular complexity index is 4590. The number of aromatic nitrogens is 5. The van der Waals surface area contributed by atoms with Crippen molar-refractivity contribution in [2.45, 2.75) is 0 Å². The number of para-hydroxylation sites is 3. The van der Waals surface area contributed by atoms with Crippen molar-refractivity contribution in [2.75, 3.05) is 0 Å². The molecule has 1 aliphatic carbocycles. The fourth-order valence-electron chi connectivity index (χ4n) is 11.7. The lowest BCUT2D eigenvalue weighted by Crippen LogP contribution is -2.03. The van der Waals surface area contributed by atoms with E-state index < -0.39 is 0 Å². The van der Waals surface area contributed by atoms with Crippen LogP contribution in [0.25, 0.3) is 150 Å². The minimum absolute atomic E-state index is 0.681. The van der Waals surface area contributed by atoms with Crippen molar-refractivity contribution in [2.24, 2.45) is 0 Å². The third-order valence-electron chi connectivity index (χ3n) is 14.9. The first-order valence-corrected chi connectivity index (χ1v) is 25.5. The third-order valence-corrected chi connectivity index (χ3v) is 14.9. The summed E-state index contributed by atoms with van der Waals surface area (Å²) in [6.45, 7) is 0. The second-order valence-corrected chi connectivity index (χ2v) is 19.3. The molecule has 0 N–H and O–H groups in total. The summed E-state index contributed by atoms with van der Waals surface area (Å²) in [6.07, 6.45) is 0. The molecule has 5 heteroatoms. The molecule has 0 unspecified atom stereocenters. The summed E-state index contributed by atoms with van der Waals surface area (Å²) in [6, 6.07) is 93.2. The number of nitrogens with zero attached hydrogens (tertiary/aromatic N) is 5. The van der Waals surface area contributed by atoms with Crippen molar-refractivity contribution < 1.29 is 0 Å². The van der Waals surface area contributed by atoms with Gasteiger partial charge >= 0.3 is 0 Å². The molecule has 75 heavy (non-hydrogen) atoms.